The predicted molar refractivity (Wildman–Crippen MR) is 127 cm³/mol. The number of piperidine rings is 1. The van der Waals surface area contributed by atoms with Crippen molar-refractivity contribution >= 4 is 20.3 Å². The highest BCUT2D eigenvalue weighted by Gasteiger charge is 2.53. The van der Waals surface area contributed by atoms with Crippen molar-refractivity contribution in [1.82, 2.24) is 4.90 Å². The van der Waals surface area contributed by atoms with Crippen molar-refractivity contribution in [3.05, 3.63) is 35.9 Å². The molecule has 0 unspecified atom stereocenters. The number of ether oxygens (including phenoxy) is 2. The van der Waals surface area contributed by atoms with E-state index < -0.39 is 20.4 Å². The van der Waals surface area contributed by atoms with Crippen molar-refractivity contribution in [2.75, 3.05) is 7.11 Å². The van der Waals surface area contributed by atoms with Crippen molar-refractivity contribution in [3.8, 4) is 0 Å². The molecule has 0 saturated carbocycles. The van der Waals surface area contributed by atoms with Gasteiger partial charge < -0.3 is 13.9 Å². The fourth-order valence-corrected chi connectivity index (χ4v) is 6.13. The molecule has 1 aromatic rings. The number of hydrogen-bond donors (Lipinski definition) is 0. The van der Waals surface area contributed by atoms with Gasteiger partial charge in [0.25, 0.3) is 0 Å². The van der Waals surface area contributed by atoms with Gasteiger partial charge in [-0.15, -0.1) is 0 Å². The molecule has 7 heteroatoms. The molecular weight excluding hydrogens is 422 g/mol. The van der Waals surface area contributed by atoms with E-state index in [1.54, 1.807) is 6.92 Å². The van der Waals surface area contributed by atoms with Gasteiger partial charge in [0.2, 0.25) is 0 Å². The van der Waals surface area contributed by atoms with E-state index in [1.165, 1.54) is 12.7 Å². The number of carbonyl (C=O) groups is 2. The first-order chi connectivity index (χ1) is 14.9. The number of rotatable bonds is 7. The Morgan fingerprint density at radius 1 is 1.12 bits per heavy atom. The maximum absolute atomic E-state index is 13.1. The van der Waals surface area contributed by atoms with Gasteiger partial charge >= 0.3 is 11.9 Å². The average Bonchev–Trinajstić information content (AvgIpc) is 2.97. The second-order valence-corrected chi connectivity index (χ2v) is 15.5. The molecule has 0 radical (unpaired) electrons. The summed E-state index contributed by atoms with van der Waals surface area (Å²) in [7, 11) is -0.648. The molecule has 2 heterocycles. The van der Waals surface area contributed by atoms with Crippen LogP contribution in [0.1, 0.15) is 52.5 Å². The number of benzene rings is 1. The van der Waals surface area contributed by atoms with Gasteiger partial charge in [0.15, 0.2) is 14.4 Å². The van der Waals surface area contributed by atoms with E-state index in [9.17, 15) is 9.59 Å². The van der Waals surface area contributed by atoms with Crippen LogP contribution in [0.4, 0.5) is 0 Å². The van der Waals surface area contributed by atoms with E-state index in [0.717, 1.165) is 19.4 Å². The smallest absolute Gasteiger partial charge is 0.346 e. The van der Waals surface area contributed by atoms with E-state index in [2.05, 4.69) is 63.0 Å². The number of esters is 2. The molecule has 6 nitrogen and oxygen atoms in total. The minimum atomic E-state index is -1.95. The maximum Gasteiger partial charge on any atom is 0.346 e. The van der Waals surface area contributed by atoms with Crippen LogP contribution in [-0.2, 0) is 30.0 Å². The lowest BCUT2D eigenvalue weighted by molar-refractivity contribution is -0.168. The van der Waals surface area contributed by atoms with Crippen LogP contribution in [0.25, 0.3) is 0 Å². The number of fused-ring (bicyclic) bond motifs is 2. The van der Waals surface area contributed by atoms with E-state index in [0.29, 0.717) is 6.42 Å². The summed E-state index contributed by atoms with van der Waals surface area (Å²) in [6, 6.07) is 10.6. The molecule has 0 aromatic heterocycles. The van der Waals surface area contributed by atoms with Crippen molar-refractivity contribution in [2.24, 2.45) is 5.92 Å². The molecule has 1 aromatic carbocycles. The van der Waals surface area contributed by atoms with Gasteiger partial charge in [-0.05, 0) is 49.9 Å². The van der Waals surface area contributed by atoms with Gasteiger partial charge in [0, 0.05) is 18.6 Å². The molecule has 2 aliphatic heterocycles. The molecule has 0 aliphatic carbocycles. The minimum absolute atomic E-state index is 0.0943. The van der Waals surface area contributed by atoms with Gasteiger partial charge in [-0.3, -0.25) is 9.69 Å². The maximum atomic E-state index is 13.1. The lowest BCUT2D eigenvalue weighted by Crippen LogP contribution is -2.54. The molecule has 3 rings (SSSR count). The quantitative estimate of drug-likeness (QED) is 0.439. The zero-order valence-corrected chi connectivity index (χ0v) is 21.6. The van der Waals surface area contributed by atoms with Crippen LogP contribution in [0.2, 0.25) is 18.1 Å². The predicted octanol–water partition coefficient (Wildman–Crippen LogP) is 4.53. The van der Waals surface area contributed by atoms with Crippen molar-refractivity contribution < 1.29 is 23.5 Å². The molecule has 0 N–H and O–H groups in total. The highest BCUT2D eigenvalue weighted by Crippen LogP contribution is 2.46. The summed E-state index contributed by atoms with van der Waals surface area (Å²) in [5.41, 5.74) is 1.23. The SMILES string of the molecule is COC(=O)[C@H](C)OC(=O)[C@H]1C[C@@H]2[C@@H](O[Si](C)(C)C(C)(C)C)CC[C@H]1N2Cc1ccccc1. The number of methoxy groups -OCH3 is 1. The summed E-state index contributed by atoms with van der Waals surface area (Å²) in [6.07, 6.45) is 1.74. The normalized spacial score (nSPS) is 27.1. The summed E-state index contributed by atoms with van der Waals surface area (Å²) in [4.78, 5) is 27.3. The molecule has 2 bridgehead atoms. The first-order valence-electron chi connectivity index (χ1n) is 11.7. The Morgan fingerprint density at radius 3 is 2.38 bits per heavy atom. The Labute approximate surface area is 193 Å². The Kier molecular flexibility index (Phi) is 7.52. The molecule has 32 heavy (non-hydrogen) atoms. The minimum Gasteiger partial charge on any atom is -0.466 e. The van der Waals surface area contributed by atoms with E-state index >= 15 is 0 Å². The molecule has 2 saturated heterocycles. The monoisotopic (exact) mass is 461 g/mol. The Bertz CT molecular complexity index is 806. The molecule has 2 fully saturated rings. The van der Waals surface area contributed by atoms with Crippen LogP contribution in [-0.4, -0.2) is 56.6 Å². The highest BCUT2D eigenvalue weighted by atomic mass is 28.4. The lowest BCUT2D eigenvalue weighted by Gasteiger charge is -2.46. The van der Waals surface area contributed by atoms with Crippen LogP contribution in [0.3, 0.4) is 0 Å². The zero-order valence-electron chi connectivity index (χ0n) is 20.6. The molecule has 178 valence electrons. The van der Waals surface area contributed by atoms with Crippen molar-refractivity contribution in [2.45, 2.75) is 95.9 Å². The third-order valence-electron chi connectivity index (χ3n) is 7.58. The number of nitrogens with zero attached hydrogens (tertiary/aromatic N) is 1. The summed E-state index contributed by atoms with van der Waals surface area (Å²) < 4.78 is 17.1. The van der Waals surface area contributed by atoms with Gasteiger partial charge in [0.05, 0.1) is 19.1 Å². The van der Waals surface area contributed by atoms with Crippen LogP contribution in [0.15, 0.2) is 30.3 Å². The molecule has 5 atom stereocenters. The largest absolute Gasteiger partial charge is 0.466 e. The van der Waals surface area contributed by atoms with E-state index in [1.807, 2.05) is 6.07 Å². The standard InChI is InChI=1S/C25H39NO5Si/c1-17(23(27)29-5)30-24(28)19-15-21-22(31-32(6,7)25(2,3)4)14-13-20(19)26(21)16-18-11-9-8-10-12-18/h8-12,17,19-22H,13-16H2,1-7H3/t17-,19-,20+,21+,22-/m0/s1. The van der Waals surface area contributed by atoms with E-state index in [-0.39, 0.29) is 35.1 Å². The summed E-state index contributed by atoms with van der Waals surface area (Å²) >= 11 is 0. The topological polar surface area (TPSA) is 65.1 Å². The summed E-state index contributed by atoms with van der Waals surface area (Å²) in [5, 5.41) is 0.126. The molecular formula is C25H39NO5Si. The van der Waals surface area contributed by atoms with Gasteiger partial charge in [-0.2, -0.15) is 0 Å². The summed E-state index contributed by atoms with van der Waals surface area (Å²) in [5.74, 6) is -1.09. The Hall–Kier alpha value is -1.70. The summed E-state index contributed by atoms with van der Waals surface area (Å²) in [6.45, 7) is 13.7. The molecule has 2 aliphatic rings. The van der Waals surface area contributed by atoms with Gasteiger partial charge in [-0.1, -0.05) is 51.1 Å². The van der Waals surface area contributed by atoms with Crippen LogP contribution >= 0.6 is 0 Å². The third-order valence-corrected chi connectivity index (χ3v) is 12.1. The average molecular weight is 462 g/mol. The first kappa shape index (κ1) is 24.9. The Balaban J connectivity index is 1.82. The van der Waals surface area contributed by atoms with Crippen LogP contribution < -0.4 is 0 Å². The third kappa shape index (κ3) is 5.26. The number of carbonyl (C=O) groups excluding carboxylic acids is 2. The fraction of sp³-hybridized carbons (Fsp3) is 0.680. The van der Waals surface area contributed by atoms with Gasteiger partial charge in [0.1, 0.15) is 0 Å². The second-order valence-electron chi connectivity index (χ2n) is 10.7. The van der Waals surface area contributed by atoms with E-state index in [4.69, 9.17) is 13.9 Å². The zero-order chi connectivity index (χ0) is 23.7. The lowest BCUT2D eigenvalue weighted by atomic mass is 9.96. The Morgan fingerprint density at radius 2 is 1.78 bits per heavy atom. The fourth-order valence-electron chi connectivity index (χ4n) is 4.74. The molecule has 0 amide bonds. The van der Waals surface area contributed by atoms with Crippen LogP contribution in [0, 0.1) is 5.92 Å². The molecule has 0 spiro atoms. The highest BCUT2D eigenvalue weighted by molar-refractivity contribution is 6.74. The first-order valence-corrected chi connectivity index (χ1v) is 14.6. The number of hydrogen-bond acceptors (Lipinski definition) is 6. The van der Waals surface area contributed by atoms with Gasteiger partial charge in [-0.25, -0.2) is 4.79 Å². The second kappa shape index (κ2) is 9.65. The van der Waals surface area contributed by atoms with Crippen molar-refractivity contribution in [1.29, 1.82) is 0 Å². The van der Waals surface area contributed by atoms with Crippen molar-refractivity contribution in [3.63, 3.8) is 0 Å². The van der Waals surface area contributed by atoms with Crippen LogP contribution in [0.5, 0.6) is 0 Å².